The van der Waals surface area contributed by atoms with Crippen LogP contribution in [0.15, 0.2) is 78.9 Å². The lowest BCUT2D eigenvalue weighted by Crippen LogP contribution is -2.52. The Hall–Kier alpha value is -3.02. The van der Waals surface area contributed by atoms with Crippen molar-refractivity contribution in [1.29, 1.82) is 0 Å². The molecule has 0 aliphatic rings. The van der Waals surface area contributed by atoms with Gasteiger partial charge in [-0.05, 0) is 55.2 Å². The molecular formula is C30H34Cl2N2O3. The maximum Gasteiger partial charge on any atom is 0.243 e. The minimum absolute atomic E-state index is 0.0129. The van der Waals surface area contributed by atoms with Crippen molar-refractivity contribution in [3.8, 4) is 5.75 Å². The molecule has 0 fully saturated rings. The minimum Gasteiger partial charge on any atom is -0.494 e. The third kappa shape index (κ3) is 9.10. The van der Waals surface area contributed by atoms with Crippen molar-refractivity contribution < 1.29 is 14.3 Å². The van der Waals surface area contributed by atoms with E-state index in [0.29, 0.717) is 29.5 Å². The minimum atomic E-state index is -0.703. The van der Waals surface area contributed by atoms with Gasteiger partial charge in [0.2, 0.25) is 11.8 Å². The van der Waals surface area contributed by atoms with Crippen LogP contribution in [0.2, 0.25) is 10.0 Å². The lowest BCUT2D eigenvalue weighted by molar-refractivity contribution is -0.141. The maximum atomic E-state index is 13.6. The number of carbonyl (C=O) groups is 2. The molecule has 0 bridgehead atoms. The molecule has 1 N–H and O–H groups in total. The molecule has 3 aromatic carbocycles. The van der Waals surface area contributed by atoms with Crippen LogP contribution >= 0.6 is 23.2 Å². The van der Waals surface area contributed by atoms with E-state index in [1.165, 1.54) is 0 Å². The van der Waals surface area contributed by atoms with Gasteiger partial charge in [-0.15, -0.1) is 0 Å². The maximum absolute atomic E-state index is 13.6. The Morgan fingerprint density at radius 2 is 1.65 bits per heavy atom. The van der Waals surface area contributed by atoms with Gasteiger partial charge in [-0.3, -0.25) is 9.59 Å². The van der Waals surface area contributed by atoms with Gasteiger partial charge in [0.15, 0.2) is 0 Å². The second-order valence-electron chi connectivity index (χ2n) is 9.05. The first-order valence-corrected chi connectivity index (χ1v) is 13.4. The number of benzene rings is 3. The summed E-state index contributed by atoms with van der Waals surface area (Å²) in [5, 5.41) is 4.04. The van der Waals surface area contributed by atoms with Crippen LogP contribution in [0.1, 0.15) is 44.2 Å². The summed E-state index contributed by atoms with van der Waals surface area (Å²) in [7, 11) is 0. The fourth-order valence-corrected chi connectivity index (χ4v) is 4.37. The van der Waals surface area contributed by atoms with Crippen molar-refractivity contribution in [2.75, 3.05) is 6.61 Å². The van der Waals surface area contributed by atoms with E-state index in [1.807, 2.05) is 74.5 Å². The zero-order chi connectivity index (χ0) is 26.6. The first kappa shape index (κ1) is 28.5. The summed E-state index contributed by atoms with van der Waals surface area (Å²) in [5.41, 5.74) is 1.70. The molecule has 196 valence electrons. The standard InChI is InChI=1S/C30H34Cl2N2O3/c1-3-22(2)33-30(36)28(19-23-11-6-4-7-12-23)34(21-24-16-17-25(31)20-27(24)32)29(35)15-10-18-37-26-13-8-5-9-14-26/h4-9,11-14,16-17,20,22,28H,3,10,15,18-19,21H2,1-2H3,(H,33,36)/t22-,28+/m1/s1. The summed E-state index contributed by atoms with van der Waals surface area (Å²) in [4.78, 5) is 28.8. The Morgan fingerprint density at radius 1 is 0.973 bits per heavy atom. The van der Waals surface area contributed by atoms with Crippen LogP contribution in [0, 0.1) is 0 Å². The molecule has 3 rings (SSSR count). The summed E-state index contributed by atoms with van der Waals surface area (Å²) in [6.07, 6.45) is 1.93. The number of carbonyl (C=O) groups excluding carboxylic acids is 2. The summed E-state index contributed by atoms with van der Waals surface area (Å²) in [6.45, 7) is 4.56. The highest BCUT2D eigenvalue weighted by Gasteiger charge is 2.31. The number of hydrogen-bond acceptors (Lipinski definition) is 3. The first-order valence-electron chi connectivity index (χ1n) is 12.6. The van der Waals surface area contributed by atoms with Crippen LogP contribution in [-0.2, 0) is 22.6 Å². The topological polar surface area (TPSA) is 58.6 Å². The van der Waals surface area contributed by atoms with Gasteiger partial charge in [0.25, 0.3) is 0 Å². The molecule has 0 heterocycles. The number of nitrogens with zero attached hydrogens (tertiary/aromatic N) is 1. The second kappa shape index (κ2) is 14.7. The third-order valence-corrected chi connectivity index (χ3v) is 6.76. The van der Waals surface area contributed by atoms with Gasteiger partial charge in [0.1, 0.15) is 11.8 Å². The predicted molar refractivity (Wildman–Crippen MR) is 150 cm³/mol. The van der Waals surface area contributed by atoms with Crippen LogP contribution in [0.5, 0.6) is 5.75 Å². The van der Waals surface area contributed by atoms with E-state index >= 15 is 0 Å². The van der Waals surface area contributed by atoms with Gasteiger partial charge in [-0.1, -0.05) is 84.7 Å². The average Bonchev–Trinajstić information content (AvgIpc) is 2.90. The molecular weight excluding hydrogens is 507 g/mol. The fraction of sp³-hybridized carbons (Fsp3) is 0.333. The lowest BCUT2D eigenvalue weighted by Gasteiger charge is -2.32. The molecule has 0 aromatic heterocycles. The largest absolute Gasteiger partial charge is 0.494 e. The van der Waals surface area contributed by atoms with Crippen LogP contribution in [0.4, 0.5) is 0 Å². The van der Waals surface area contributed by atoms with Crippen LogP contribution in [0.25, 0.3) is 0 Å². The molecule has 2 atom stereocenters. The Balaban J connectivity index is 1.84. The molecule has 0 saturated heterocycles. The van der Waals surface area contributed by atoms with Gasteiger partial charge in [0.05, 0.1) is 6.61 Å². The third-order valence-electron chi connectivity index (χ3n) is 6.17. The quantitative estimate of drug-likeness (QED) is 0.245. The van der Waals surface area contributed by atoms with Crippen LogP contribution < -0.4 is 10.1 Å². The van der Waals surface area contributed by atoms with Crippen molar-refractivity contribution in [2.45, 2.75) is 58.2 Å². The molecule has 3 aromatic rings. The smallest absolute Gasteiger partial charge is 0.243 e. The van der Waals surface area contributed by atoms with Gasteiger partial charge in [0, 0.05) is 35.5 Å². The Kier molecular flexibility index (Phi) is 11.3. The van der Waals surface area contributed by atoms with E-state index in [-0.39, 0.29) is 30.8 Å². The highest BCUT2D eigenvalue weighted by atomic mass is 35.5. The number of para-hydroxylation sites is 1. The van der Waals surface area contributed by atoms with E-state index in [2.05, 4.69) is 5.32 Å². The highest BCUT2D eigenvalue weighted by molar-refractivity contribution is 6.35. The molecule has 0 spiro atoms. The van der Waals surface area contributed by atoms with E-state index < -0.39 is 6.04 Å². The number of nitrogens with one attached hydrogen (secondary N) is 1. The molecule has 0 aliphatic carbocycles. The van der Waals surface area contributed by atoms with Crippen molar-refractivity contribution in [3.05, 3.63) is 100 Å². The number of halogens is 2. The fourth-order valence-electron chi connectivity index (χ4n) is 3.90. The molecule has 5 nitrogen and oxygen atoms in total. The Labute approximate surface area is 229 Å². The number of rotatable bonds is 13. The molecule has 7 heteroatoms. The zero-order valence-corrected chi connectivity index (χ0v) is 22.8. The first-order chi connectivity index (χ1) is 17.9. The van der Waals surface area contributed by atoms with Gasteiger partial charge in [-0.2, -0.15) is 0 Å². The number of hydrogen-bond donors (Lipinski definition) is 1. The summed E-state index contributed by atoms with van der Waals surface area (Å²) >= 11 is 12.6. The lowest BCUT2D eigenvalue weighted by atomic mass is 10.0. The molecule has 0 unspecified atom stereocenters. The second-order valence-corrected chi connectivity index (χ2v) is 9.89. The molecule has 0 radical (unpaired) electrons. The van der Waals surface area contributed by atoms with Crippen molar-refractivity contribution >= 4 is 35.0 Å². The summed E-state index contributed by atoms with van der Waals surface area (Å²) < 4.78 is 5.77. The SMILES string of the molecule is CC[C@@H](C)NC(=O)[C@H](Cc1ccccc1)N(Cc1ccc(Cl)cc1Cl)C(=O)CCCOc1ccccc1. The van der Waals surface area contributed by atoms with Crippen molar-refractivity contribution in [2.24, 2.45) is 0 Å². The number of amides is 2. The van der Waals surface area contributed by atoms with Crippen LogP contribution in [-0.4, -0.2) is 35.4 Å². The van der Waals surface area contributed by atoms with Crippen molar-refractivity contribution in [1.82, 2.24) is 10.2 Å². The monoisotopic (exact) mass is 540 g/mol. The average molecular weight is 542 g/mol. The molecule has 0 aliphatic heterocycles. The predicted octanol–water partition coefficient (Wildman–Crippen LogP) is 6.71. The van der Waals surface area contributed by atoms with Gasteiger partial charge in [-0.25, -0.2) is 0 Å². The highest BCUT2D eigenvalue weighted by Crippen LogP contribution is 2.25. The number of ether oxygens (including phenoxy) is 1. The summed E-state index contributed by atoms with van der Waals surface area (Å²) in [6, 6.07) is 23.7. The van der Waals surface area contributed by atoms with Gasteiger partial charge >= 0.3 is 0 Å². The van der Waals surface area contributed by atoms with Gasteiger partial charge < -0.3 is 15.0 Å². The van der Waals surface area contributed by atoms with E-state index in [1.54, 1.807) is 23.1 Å². The van der Waals surface area contributed by atoms with Crippen molar-refractivity contribution in [3.63, 3.8) is 0 Å². The molecule has 2 amide bonds. The zero-order valence-electron chi connectivity index (χ0n) is 21.3. The van der Waals surface area contributed by atoms with E-state index in [9.17, 15) is 9.59 Å². The molecule has 0 saturated carbocycles. The van der Waals surface area contributed by atoms with E-state index in [0.717, 1.165) is 23.3 Å². The Bertz CT molecular complexity index is 1140. The van der Waals surface area contributed by atoms with E-state index in [4.69, 9.17) is 27.9 Å². The summed E-state index contributed by atoms with van der Waals surface area (Å²) in [5.74, 6) is 0.440. The molecule has 37 heavy (non-hydrogen) atoms. The Morgan fingerprint density at radius 3 is 2.30 bits per heavy atom. The normalized spacial score (nSPS) is 12.4. The van der Waals surface area contributed by atoms with Crippen LogP contribution in [0.3, 0.4) is 0 Å².